The highest BCUT2D eigenvalue weighted by Gasteiger charge is 2.09. The van der Waals surface area contributed by atoms with Crippen molar-refractivity contribution in [3.8, 4) is 0 Å². The average Bonchev–Trinajstić information content (AvgIpc) is 2.46. The first-order valence-corrected chi connectivity index (χ1v) is 7.41. The molecule has 0 aliphatic heterocycles. The Kier molecular flexibility index (Phi) is 5.61. The van der Waals surface area contributed by atoms with Crippen LogP contribution in [0.2, 0.25) is 0 Å². The SMILES string of the molecule is CCCCCCc1cccc[n+]1Cc1ccccc1. The molecule has 1 heteroatoms. The van der Waals surface area contributed by atoms with Gasteiger partial charge in [-0.1, -0.05) is 62.6 Å². The monoisotopic (exact) mass is 254 g/mol. The lowest BCUT2D eigenvalue weighted by molar-refractivity contribution is -0.695. The summed E-state index contributed by atoms with van der Waals surface area (Å²) >= 11 is 0. The lowest BCUT2D eigenvalue weighted by Crippen LogP contribution is -2.38. The van der Waals surface area contributed by atoms with Gasteiger partial charge in [0.2, 0.25) is 0 Å². The van der Waals surface area contributed by atoms with E-state index in [0.717, 1.165) is 6.54 Å². The van der Waals surface area contributed by atoms with Gasteiger partial charge in [0.05, 0.1) is 0 Å². The molecule has 0 aliphatic carbocycles. The van der Waals surface area contributed by atoms with Crippen LogP contribution in [0, 0.1) is 0 Å². The third-order valence-corrected chi connectivity index (χ3v) is 3.52. The molecule has 0 saturated carbocycles. The van der Waals surface area contributed by atoms with E-state index in [9.17, 15) is 0 Å². The van der Waals surface area contributed by atoms with Crippen molar-refractivity contribution in [2.45, 2.75) is 45.6 Å². The Hall–Kier alpha value is -1.63. The minimum atomic E-state index is 0.977. The van der Waals surface area contributed by atoms with Crippen molar-refractivity contribution in [1.29, 1.82) is 0 Å². The summed E-state index contributed by atoms with van der Waals surface area (Å²) in [4.78, 5) is 0. The maximum atomic E-state index is 2.38. The fourth-order valence-electron chi connectivity index (χ4n) is 2.41. The summed E-state index contributed by atoms with van der Waals surface area (Å²) in [5.74, 6) is 0. The van der Waals surface area contributed by atoms with Crippen LogP contribution in [0.15, 0.2) is 54.7 Å². The zero-order valence-corrected chi connectivity index (χ0v) is 11.9. The molecule has 0 saturated heterocycles. The largest absolute Gasteiger partial charge is 0.198 e. The lowest BCUT2D eigenvalue weighted by Gasteiger charge is -2.04. The maximum Gasteiger partial charge on any atom is 0.181 e. The van der Waals surface area contributed by atoms with E-state index in [1.807, 2.05) is 0 Å². The van der Waals surface area contributed by atoms with Crippen molar-refractivity contribution in [2.75, 3.05) is 0 Å². The number of unbranched alkanes of at least 4 members (excludes halogenated alkanes) is 3. The van der Waals surface area contributed by atoms with Gasteiger partial charge in [-0.2, -0.15) is 4.57 Å². The molecule has 1 heterocycles. The van der Waals surface area contributed by atoms with Crippen molar-refractivity contribution < 1.29 is 4.57 Å². The van der Waals surface area contributed by atoms with Crippen molar-refractivity contribution in [3.05, 3.63) is 66.0 Å². The standard InChI is InChI=1S/C18H24N/c1-2-3-4-8-13-18-14-9-10-15-19(18)16-17-11-6-5-7-12-17/h5-7,9-12,14-15H,2-4,8,13,16H2,1H3/q+1. The highest BCUT2D eigenvalue weighted by atomic mass is 14.9. The molecule has 0 amide bonds. The second-order valence-corrected chi connectivity index (χ2v) is 5.12. The number of benzene rings is 1. The number of pyridine rings is 1. The Morgan fingerprint density at radius 1 is 0.842 bits per heavy atom. The molecule has 0 aliphatic rings. The summed E-state index contributed by atoms with van der Waals surface area (Å²) in [7, 11) is 0. The summed E-state index contributed by atoms with van der Waals surface area (Å²) in [6.45, 7) is 3.24. The molecule has 0 radical (unpaired) electrons. The minimum Gasteiger partial charge on any atom is -0.198 e. The molecule has 2 aromatic rings. The quantitative estimate of drug-likeness (QED) is 0.516. The highest BCUT2D eigenvalue weighted by molar-refractivity contribution is 5.13. The van der Waals surface area contributed by atoms with Gasteiger partial charge in [-0.3, -0.25) is 0 Å². The van der Waals surface area contributed by atoms with E-state index < -0.39 is 0 Å². The van der Waals surface area contributed by atoms with Crippen molar-refractivity contribution in [1.82, 2.24) is 0 Å². The first kappa shape index (κ1) is 13.8. The van der Waals surface area contributed by atoms with Gasteiger partial charge in [0.15, 0.2) is 18.4 Å². The molecule has 0 spiro atoms. The van der Waals surface area contributed by atoms with Crippen LogP contribution in [0.4, 0.5) is 0 Å². The van der Waals surface area contributed by atoms with E-state index >= 15 is 0 Å². The summed E-state index contributed by atoms with van der Waals surface area (Å²) in [6, 6.07) is 17.2. The second-order valence-electron chi connectivity index (χ2n) is 5.12. The summed E-state index contributed by atoms with van der Waals surface area (Å²) in [5, 5.41) is 0. The van der Waals surface area contributed by atoms with Crippen LogP contribution in [0.1, 0.15) is 43.9 Å². The number of aryl methyl sites for hydroxylation is 1. The van der Waals surface area contributed by atoms with E-state index in [-0.39, 0.29) is 0 Å². The molecule has 0 fully saturated rings. The lowest BCUT2D eigenvalue weighted by atomic mass is 10.1. The highest BCUT2D eigenvalue weighted by Crippen LogP contribution is 2.05. The molecule has 0 unspecified atom stereocenters. The third-order valence-electron chi connectivity index (χ3n) is 3.52. The van der Waals surface area contributed by atoms with Crippen LogP contribution in [0.25, 0.3) is 0 Å². The van der Waals surface area contributed by atoms with Crippen LogP contribution in [0.5, 0.6) is 0 Å². The number of rotatable bonds is 7. The van der Waals surface area contributed by atoms with Crippen LogP contribution in [-0.4, -0.2) is 0 Å². The van der Waals surface area contributed by atoms with E-state index in [0.29, 0.717) is 0 Å². The maximum absolute atomic E-state index is 2.38. The molecule has 0 atom stereocenters. The van der Waals surface area contributed by atoms with Crippen LogP contribution in [0.3, 0.4) is 0 Å². The molecule has 0 N–H and O–H groups in total. The van der Waals surface area contributed by atoms with Crippen LogP contribution < -0.4 is 4.57 Å². The third kappa shape index (κ3) is 4.51. The van der Waals surface area contributed by atoms with Crippen molar-refractivity contribution in [3.63, 3.8) is 0 Å². The van der Waals surface area contributed by atoms with Gasteiger partial charge in [-0.15, -0.1) is 0 Å². The Balaban J connectivity index is 2.00. The van der Waals surface area contributed by atoms with Gasteiger partial charge in [-0.05, 0) is 6.42 Å². The molecule has 19 heavy (non-hydrogen) atoms. The minimum absolute atomic E-state index is 0.977. The normalized spacial score (nSPS) is 10.6. The van der Waals surface area contributed by atoms with E-state index in [2.05, 4.69) is 66.2 Å². The first-order valence-electron chi connectivity index (χ1n) is 7.41. The van der Waals surface area contributed by atoms with Gasteiger partial charge in [0.25, 0.3) is 0 Å². The molecule has 1 aromatic heterocycles. The zero-order chi connectivity index (χ0) is 13.3. The number of nitrogens with zero attached hydrogens (tertiary/aromatic N) is 1. The number of aromatic nitrogens is 1. The van der Waals surface area contributed by atoms with Crippen LogP contribution in [-0.2, 0) is 13.0 Å². The number of hydrogen-bond donors (Lipinski definition) is 0. The van der Waals surface area contributed by atoms with Crippen molar-refractivity contribution >= 4 is 0 Å². The van der Waals surface area contributed by atoms with Crippen molar-refractivity contribution in [2.24, 2.45) is 0 Å². The zero-order valence-electron chi connectivity index (χ0n) is 11.9. The number of hydrogen-bond acceptors (Lipinski definition) is 0. The molecular weight excluding hydrogens is 230 g/mol. The van der Waals surface area contributed by atoms with E-state index in [4.69, 9.17) is 0 Å². The average molecular weight is 254 g/mol. The second kappa shape index (κ2) is 7.73. The molecule has 1 nitrogen and oxygen atoms in total. The molecule has 0 bridgehead atoms. The summed E-state index contributed by atoms with van der Waals surface area (Å²) in [5.41, 5.74) is 2.82. The van der Waals surface area contributed by atoms with Gasteiger partial charge in [0, 0.05) is 24.1 Å². The molecule has 100 valence electrons. The van der Waals surface area contributed by atoms with Gasteiger partial charge in [-0.25, -0.2) is 0 Å². The fraction of sp³-hybridized carbons (Fsp3) is 0.389. The Morgan fingerprint density at radius 3 is 2.42 bits per heavy atom. The Morgan fingerprint density at radius 2 is 1.63 bits per heavy atom. The predicted octanol–water partition coefficient (Wildman–Crippen LogP) is 4.15. The molecule has 1 aromatic carbocycles. The fourth-order valence-corrected chi connectivity index (χ4v) is 2.41. The van der Waals surface area contributed by atoms with Gasteiger partial charge < -0.3 is 0 Å². The first-order chi connectivity index (χ1) is 9.40. The Bertz CT molecular complexity index is 476. The van der Waals surface area contributed by atoms with Crippen LogP contribution >= 0.6 is 0 Å². The molecule has 2 rings (SSSR count). The van der Waals surface area contributed by atoms with Gasteiger partial charge >= 0.3 is 0 Å². The molecular formula is C18H24N+. The van der Waals surface area contributed by atoms with E-state index in [1.165, 1.54) is 43.4 Å². The van der Waals surface area contributed by atoms with E-state index in [1.54, 1.807) is 0 Å². The Labute approximate surface area is 116 Å². The summed E-state index contributed by atoms with van der Waals surface area (Å²) < 4.78 is 2.38. The smallest absolute Gasteiger partial charge is 0.181 e. The van der Waals surface area contributed by atoms with Gasteiger partial charge in [0.1, 0.15) is 0 Å². The summed E-state index contributed by atoms with van der Waals surface area (Å²) in [6.07, 6.45) is 8.68. The topological polar surface area (TPSA) is 3.88 Å². The predicted molar refractivity (Wildman–Crippen MR) is 80.0 cm³/mol.